The van der Waals surface area contributed by atoms with Gasteiger partial charge in [-0.15, -0.1) is 0 Å². The monoisotopic (exact) mass is 366 g/mol. The number of ether oxygens (including phenoxy) is 1. The number of methoxy groups -OCH3 is 1. The molecule has 3 rings (SSSR count). The number of hydrogen-bond donors (Lipinski definition) is 1. The van der Waals surface area contributed by atoms with Gasteiger partial charge in [0, 0.05) is 19.3 Å². The molecule has 9 heteroatoms. The number of nitrogens with one attached hydrogen (secondary N) is 1. The minimum atomic E-state index is -3.96. The first kappa shape index (κ1) is 17.6. The summed E-state index contributed by atoms with van der Waals surface area (Å²) < 4.78 is 45.7. The van der Waals surface area contributed by atoms with E-state index in [9.17, 15) is 12.8 Å². The fraction of sp³-hybridized carbons (Fsp3) is 0.375. The first-order chi connectivity index (χ1) is 12.0. The van der Waals surface area contributed by atoms with Gasteiger partial charge in [0.25, 0.3) is 0 Å². The van der Waals surface area contributed by atoms with Crippen LogP contribution in [0.1, 0.15) is 18.7 Å². The summed E-state index contributed by atoms with van der Waals surface area (Å²) in [5.74, 6) is 0.544. The van der Waals surface area contributed by atoms with Crippen molar-refractivity contribution in [3.05, 3.63) is 42.1 Å². The Kier molecular flexibility index (Phi) is 5.14. The van der Waals surface area contributed by atoms with E-state index in [0.717, 1.165) is 43.9 Å². The molecule has 1 saturated heterocycles. The highest BCUT2D eigenvalue weighted by Crippen LogP contribution is 2.24. The molecule has 1 aromatic carbocycles. The van der Waals surface area contributed by atoms with Crippen LogP contribution in [-0.4, -0.2) is 38.6 Å². The normalized spacial score (nSPS) is 14.7. The lowest BCUT2D eigenvalue weighted by molar-refractivity contribution is 0.400. The SMILES string of the molecule is COc1ccc(F)cc1S(=O)(=O)NCc1nccc(N2CCCC2)n1. The minimum absolute atomic E-state index is 0.0700. The molecule has 0 bridgehead atoms. The quantitative estimate of drug-likeness (QED) is 0.838. The Balaban J connectivity index is 1.76. The van der Waals surface area contributed by atoms with Crippen LogP contribution in [0.5, 0.6) is 5.75 Å². The largest absolute Gasteiger partial charge is 0.495 e. The maximum absolute atomic E-state index is 13.4. The van der Waals surface area contributed by atoms with Gasteiger partial charge in [-0.3, -0.25) is 0 Å². The molecule has 0 atom stereocenters. The van der Waals surface area contributed by atoms with Crippen LogP contribution in [0.2, 0.25) is 0 Å². The van der Waals surface area contributed by atoms with Gasteiger partial charge in [0.05, 0.1) is 13.7 Å². The van der Waals surface area contributed by atoms with E-state index in [2.05, 4.69) is 19.6 Å². The third-order valence-corrected chi connectivity index (χ3v) is 5.38. The summed E-state index contributed by atoms with van der Waals surface area (Å²) in [6, 6.07) is 5.14. The molecule has 0 amide bonds. The standard InChI is InChI=1S/C16H19FN4O3S/c1-24-13-5-4-12(17)10-14(13)25(22,23)19-11-15-18-7-6-16(20-15)21-8-2-3-9-21/h4-7,10,19H,2-3,8-9,11H2,1H3. The van der Waals surface area contributed by atoms with Crippen molar-refractivity contribution in [3.8, 4) is 5.75 Å². The Labute approximate surface area is 145 Å². The van der Waals surface area contributed by atoms with Crippen molar-refractivity contribution in [1.82, 2.24) is 14.7 Å². The number of halogens is 1. The zero-order valence-electron chi connectivity index (χ0n) is 13.8. The summed E-state index contributed by atoms with van der Waals surface area (Å²) in [6.07, 6.45) is 3.84. The number of benzene rings is 1. The molecule has 25 heavy (non-hydrogen) atoms. The number of anilines is 1. The van der Waals surface area contributed by atoms with Crippen LogP contribution >= 0.6 is 0 Å². The lowest BCUT2D eigenvalue weighted by atomic mass is 10.3. The van der Waals surface area contributed by atoms with E-state index < -0.39 is 15.8 Å². The first-order valence-electron chi connectivity index (χ1n) is 7.90. The Morgan fingerprint density at radius 1 is 1.28 bits per heavy atom. The molecule has 7 nitrogen and oxygen atoms in total. The van der Waals surface area contributed by atoms with Gasteiger partial charge >= 0.3 is 0 Å². The van der Waals surface area contributed by atoms with Crippen molar-refractivity contribution in [1.29, 1.82) is 0 Å². The van der Waals surface area contributed by atoms with E-state index in [4.69, 9.17) is 4.74 Å². The number of hydrogen-bond acceptors (Lipinski definition) is 6. The van der Waals surface area contributed by atoms with Crippen LogP contribution in [-0.2, 0) is 16.6 Å². The second-order valence-corrected chi connectivity index (χ2v) is 7.38. The molecule has 2 heterocycles. The minimum Gasteiger partial charge on any atom is -0.495 e. The predicted molar refractivity (Wildman–Crippen MR) is 90.5 cm³/mol. The molecule has 1 aliphatic rings. The molecule has 1 N–H and O–H groups in total. The molecule has 0 aliphatic carbocycles. The fourth-order valence-electron chi connectivity index (χ4n) is 2.69. The molecular formula is C16H19FN4O3S. The number of aromatic nitrogens is 2. The van der Waals surface area contributed by atoms with Gasteiger partial charge < -0.3 is 9.64 Å². The van der Waals surface area contributed by atoms with E-state index in [1.165, 1.54) is 13.2 Å². The highest BCUT2D eigenvalue weighted by atomic mass is 32.2. The van der Waals surface area contributed by atoms with Crippen LogP contribution in [0.15, 0.2) is 35.4 Å². The third-order valence-electron chi connectivity index (χ3n) is 3.96. The second-order valence-electron chi connectivity index (χ2n) is 5.64. The topological polar surface area (TPSA) is 84.4 Å². The van der Waals surface area contributed by atoms with E-state index in [0.29, 0.717) is 5.82 Å². The van der Waals surface area contributed by atoms with Crippen molar-refractivity contribution in [2.75, 3.05) is 25.1 Å². The van der Waals surface area contributed by atoms with Crippen LogP contribution in [0.25, 0.3) is 0 Å². The average molecular weight is 366 g/mol. The van der Waals surface area contributed by atoms with Crippen LogP contribution in [0, 0.1) is 5.82 Å². The smallest absolute Gasteiger partial charge is 0.244 e. The van der Waals surface area contributed by atoms with Gasteiger partial charge in [-0.2, -0.15) is 0 Å². The maximum Gasteiger partial charge on any atom is 0.244 e. The molecule has 134 valence electrons. The zero-order chi connectivity index (χ0) is 17.9. The molecule has 0 unspecified atom stereocenters. The van der Waals surface area contributed by atoms with Gasteiger partial charge in [-0.25, -0.2) is 27.5 Å². The van der Waals surface area contributed by atoms with Gasteiger partial charge in [0.2, 0.25) is 10.0 Å². The second kappa shape index (κ2) is 7.32. The molecule has 0 saturated carbocycles. The summed E-state index contributed by atoms with van der Waals surface area (Å²) in [4.78, 5) is 10.4. The van der Waals surface area contributed by atoms with Gasteiger partial charge in [0.1, 0.15) is 28.1 Å². The van der Waals surface area contributed by atoms with Crippen molar-refractivity contribution in [3.63, 3.8) is 0 Å². The van der Waals surface area contributed by atoms with Crippen molar-refractivity contribution in [2.45, 2.75) is 24.3 Å². The fourth-order valence-corrected chi connectivity index (χ4v) is 3.85. The van der Waals surface area contributed by atoms with Crippen molar-refractivity contribution < 1.29 is 17.5 Å². The molecule has 1 aromatic heterocycles. The Bertz CT molecular complexity index is 854. The molecule has 0 spiro atoms. The molecule has 1 aliphatic heterocycles. The molecule has 2 aromatic rings. The van der Waals surface area contributed by atoms with Crippen molar-refractivity contribution >= 4 is 15.8 Å². The average Bonchev–Trinajstić information content (AvgIpc) is 3.15. The van der Waals surface area contributed by atoms with E-state index in [-0.39, 0.29) is 17.2 Å². The van der Waals surface area contributed by atoms with Gasteiger partial charge in [-0.05, 0) is 37.1 Å². The Morgan fingerprint density at radius 2 is 2.04 bits per heavy atom. The van der Waals surface area contributed by atoms with Crippen LogP contribution in [0.4, 0.5) is 10.2 Å². The predicted octanol–water partition coefficient (Wildman–Crippen LogP) is 1.70. The molecule has 0 radical (unpaired) electrons. The van der Waals surface area contributed by atoms with Crippen LogP contribution in [0.3, 0.4) is 0 Å². The molecule has 1 fully saturated rings. The van der Waals surface area contributed by atoms with Crippen LogP contribution < -0.4 is 14.4 Å². The number of sulfonamides is 1. The van der Waals surface area contributed by atoms with E-state index >= 15 is 0 Å². The van der Waals surface area contributed by atoms with Gasteiger partial charge in [0.15, 0.2) is 0 Å². The highest BCUT2D eigenvalue weighted by Gasteiger charge is 2.21. The summed E-state index contributed by atoms with van der Waals surface area (Å²) in [5.41, 5.74) is 0. The number of rotatable bonds is 6. The summed E-state index contributed by atoms with van der Waals surface area (Å²) in [5, 5.41) is 0. The highest BCUT2D eigenvalue weighted by molar-refractivity contribution is 7.89. The zero-order valence-corrected chi connectivity index (χ0v) is 14.6. The lowest BCUT2D eigenvalue weighted by Gasteiger charge is -2.16. The summed E-state index contributed by atoms with van der Waals surface area (Å²) in [7, 11) is -2.64. The number of nitrogens with zero attached hydrogens (tertiary/aromatic N) is 3. The van der Waals surface area contributed by atoms with E-state index in [1.54, 1.807) is 12.3 Å². The Morgan fingerprint density at radius 3 is 2.76 bits per heavy atom. The Hall–Kier alpha value is -2.26. The molecular weight excluding hydrogens is 347 g/mol. The third kappa shape index (κ3) is 4.05. The van der Waals surface area contributed by atoms with Crippen molar-refractivity contribution in [2.24, 2.45) is 0 Å². The summed E-state index contributed by atoms with van der Waals surface area (Å²) in [6.45, 7) is 1.77. The van der Waals surface area contributed by atoms with Gasteiger partial charge in [-0.1, -0.05) is 0 Å². The maximum atomic E-state index is 13.4. The van der Waals surface area contributed by atoms with E-state index in [1.807, 2.05) is 0 Å². The summed E-state index contributed by atoms with van der Waals surface area (Å²) >= 11 is 0. The first-order valence-corrected chi connectivity index (χ1v) is 9.38. The lowest BCUT2D eigenvalue weighted by Crippen LogP contribution is -2.26.